The zero-order valence-electron chi connectivity index (χ0n) is 7.17. The Labute approximate surface area is 75.6 Å². The minimum Gasteiger partial charge on any atom is -0.298 e. The Kier molecular flexibility index (Phi) is 2.76. The van der Waals surface area contributed by atoms with Crippen LogP contribution in [0.1, 0.15) is 21.5 Å². The van der Waals surface area contributed by atoms with Crippen molar-refractivity contribution in [2.75, 3.05) is 0 Å². The summed E-state index contributed by atoms with van der Waals surface area (Å²) < 4.78 is 12.9. The van der Waals surface area contributed by atoms with E-state index in [2.05, 4.69) is 0 Å². The molecule has 0 fully saturated rings. The van der Waals surface area contributed by atoms with Crippen LogP contribution in [0.2, 0.25) is 0 Å². The normalized spacial score (nSPS) is 9.31. The van der Waals surface area contributed by atoms with Crippen molar-refractivity contribution in [3.63, 3.8) is 0 Å². The Morgan fingerprint density at radius 2 is 2.31 bits per heavy atom. The molecule has 0 radical (unpaired) electrons. The van der Waals surface area contributed by atoms with E-state index in [0.29, 0.717) is 17.4 Å². The molecule has 0 saturated carbocycles. The minimum absolute atomic E-state index is 0.134. The van der Waals surface area contributed by atoms with Crippen LogP contribution >= 0.6 is 0 Å². The molecule has 0 heterocycles. The molecule has 1 rings (SSSR count). The molecule has 0 spiro atoms. The average Bonchev–Trinajstić information content (AvgIpc) is 2.11. The third kappa shape index (κ3) is 1.91. The quantitative estimate of drug-likeness (QED) is 0.648. The zero-order valence-corrected chi connectivity index (χ0v) is 7.17. The van der Waals surface area contributed by atoms with E-state index in [1.165, 1.54) is 6.07 Å². The Bertz CT molecular complexity index is 379. The van der Waals surface area contributed by atoms with Gasteiger partial charge in [0.15, 0.2) is 0 Å². The smallest absolute Gasteiger partial charge is 0.150 e. The first-order chi connectivity index (χ1) is 6.19. The van der Waals surface area contributed by atoms with Crippen molar-refractivity contribution < 1.29 is 9.18 Å². The van der Waals surface area contributed by atoms with Gasteiger partial charge in [-0.15, -0.1) is 0 Å². The van der Waals surface area contributed by atoms with Gasteiger partial charge < -0.3 is 0 Å². The summed E-state index contributed by atoms with van der Waals surface area (Å²) in [6.07, 6.45) is 0.699. The summed E-state index contributed by atoms with van der Waals surface area (Å²) in [5, 5.41) is 8.44. The van der Waals surface area contributed by atoms with Crippen molar-refractivity contribution >= 4 is 6.29 Å². The standard InChI is InChI=1S/C10H8FNO/c1-7-4-8(2-3-12)9(6-13)5-10(7)11/h4-6H,2H2,1H3. The summed E-state index contributed by atoms with van der Waals surface area (Å²) >= 11 is 0. The number of aldehydes is 1. The molecule has 1 aromatic rings. The van der Waals surface area contributed by atoms with Crippen LogP contribution in [-0.2, 0) is 6.42 Å². The molecule has 0 saturated heterocycles. The van der Waals surface area contributed by atoms with Gasteiger partial charge in [0, 0.05) is 5.56 Å². The van der Waals surface area contributed by atoms with Gasteiger partial charge in [0.25, 0.3) is 0 Å². The summed E-state index contributed by atoms with van der Waals surface area (Å²) in [6.45, 7) is 1.60. The number of nitriles is 1. The van der Waals surface area contributed by atoms with E-state index in [9.17, 15) is 9.18 Å². The van der Waals surface area contributed by atoms with Gasteiger partial charge in [0.05, 0.1) is 12.5 Å². The van der Waals surface area contributed by atoms with E-state index in [0.717, 1.165) is 6.07 Å². The number of rotatable bonds is 2. The van der Waals surface area contributed by atoms with Crippen LogP contribution in [0, 0.1) is 24.1 Å². The van der Waals surface area contributed by atoms with Crippen LogP contribution in [0.3, 0.4) is 0 Å². The summed E-state index contributed by atoms with van der Waals surface area (Å²) in [5.74, 6) is -0.413. The highest BCUT2D eigenvalue weighted by atomic mass is 19.1. The second kappa shape index (κ2) is 3.81. The van der Waals surface area contributed by atoms with E-state index in [1.807, 2.05) is 6.07 Å². The molecule has 0 atom stereocenters. The van der Waals surface area contributed by atoms with E-state index in [1.54, 1.807) is 6.92 Å². The van der Waals surface area contributed by atoms with Gasteiger partial charge in [0.1, 0.15) is 12.1 Å². The highest BCUT2D eigenvalue weighted by molar-refractivity contribution is 5.77. The molecule has 66 valence electrons. The van der Waals surface area contributed by atoms with E-state index < -0.39 is 5.82 Å². The summed E-state index contributed by atoms with van der Waals surface area (Å²) in [5.41, 5.74) is 1.29. The first kappa shape index (κ1) is 9.40. The Balaban J connectivity index is 3.26. The molecule has 0 unspecified atom stereocenters. The molecule has 0 aliphatic rings. The fraction of sp³-hybridized carbons (Fsp3) is 0.200. The predicted molar refractivity (Wildman–Crippen MR) is 45.8 cm³/mol. The maximum absolute atomic E-state index is 12.9. The minimum atomic E-state index is -0.413. The summed E-state index contributed by atoms with van der Waals surface area (Å²) in [6, 6.07) is 4.62. The Hall–Kier alpha value is -1.69. The van der Waals surface area contributed by atoms with Gasteiger partial charge in [0.2, 0.25) is 0 Å². The van der Waals surface area contributed by atoms with Crippen molar-refractivity contribution in [3.8, 4) is 6.07 Å². The highest BCUT2D eigenvalue weighted by Gasteiger charge is 2.05. The fourth-order valence-corrected chi connectivity index (χ4v) is 1.10. The number of carbonyl (C=O) groups is 1. The number of aryl methyl sites for hydroxylation is 1. The average molecular weight is 177 g/mol. The van der Waals surface area contributed by atoms with Crippen LogP contribution in [-0.4, -0.2) is 6.29 Å². The van der Waals surface area contributed by atoms with Crippen molar-refractivity contribution in [2.45, 2.75) is 13.3 Å². The van der Waals surface area contributed by atoms with Gasteiger partial charge >= 0.3 is 0 Å². The molecular weight excluding hydrogens is 169 g/mol. The first-order valence-electron chi connectivity index (χ1n) is 3.80. The molecule has 0 bridgehead atoms. The summed E-state index contributed by atoms with van der Waals surface area (Å²) in [4.78, 5) is 10.5. The lowest BCUT2D eigenvalue weighted by molar-refractivity contribution is 0.112. The van der Waals surface area contributed by atoms with Crippen molar-refractivity contribution in [3.05, 3.63) is 34.6 Å². The van der Waals surface area contributed by atoms with Crippen LogP contribution in [0.15, 0.2) is 12.1 Å². The number of nitrogens with zero attached hydrogens (tertiary/aromatic N) is 1. The Morgan fingerprint density at radius 3 is 2.85 bits per heavy atom. The van der Waals surface area contributed by atoms with Crippen LogP contribution in [0.25, 0.3) is 0 Å². The van der Waals surface area contributed by atoms with Gasteiger partial charge in [-0.3, -0.25) is 4.79 Å². The predicted octanol–water partition coefficient (Wildman–Crippen LogP) is 2.01. The maximum atomic E-state index is 12.9. The third-order valence-corrected chi connectivity index (χ3v) is 1.82. The summed E-state index contributed by atoms with van der Waals surface area (Å²) in [7, 11) is 0. The fourth-order valence-electron chi connectivity index (χ4n) is 1.10. The van der Waals surface area contributed by atoms with Crippen molar-refractivity contribution in [1.82, 2.24) is 0 Å². The maximum Gasteiger partial charge on any atom is 0.150 e. The second-order valence-electron chi connectivity index (χ2n) is 2.75. The van der Waals surface area contributed by atoms with Crippen LogP contribution in [0.5, 0.6) is 0 Å². The van der Waals surface area contributed by atoms with Crippen molar-refractivity contribution in [2.24, 2.45) is 0 Å². The van der Waals surface area contributed by atoms with E-state index in [4.69, 9.17) is 5.26 Å². The highest BCUT2D eigenvalue weighted by Crippen LogP contribution is 2.14. The lowest BCUT2D eigenvalue weighted by Gasteiger charge is -2.02. The molecule has 3 heteroatoms. The molecular formula is C10H8FNO. The number of carbonyl (C=O) groups excluding carboxylic acids is 1. The first-order valence-corrected chi connectivity index (χ1v) is 3.80. The van der Waals surface area contributed by atoms with Crippen LogP contribution in [0.4, 0.5) is 4.39 Å². The van der Waals surface area contributed by atoms with Gasteiger partial charge in [-0.1, -0.05) is 6.07 Å². The monoisotopic (exact) mass is 177 g/mol. The van der Waals surface area contributed by atoms with E-state index in [-0.39, 0.29) is 12.0 Å². The molecule has 13 heavy (non-hydrogen) atoms. The molecule has 0 amide bonds. The molecule has 0 N–H and O–H groups in total. The Morgan fingerprint density at radius 1 is 1.62 bits per heavy atom. The zero-order chi connectivity index (χ0) is 9.84. The lowest BCUT2D eigenvalue weighted by Crippen LogP contribution is -1.95. The molecule has 0 aliphatic carbocycles. The van der Waals surface area contributed by atoms with Crippen molar-refractivity contribution in [1.29, 1.82) is 5.26 Å². The van der Waals surface area contributed by atoms with Gasteiger partial charge in [-0.25, -0.2) is 4.39 Å². The lowest BCUT2D eigenvalue weighted by atomic mass is 10.0. The van der Waals surface area contributed by atoms with E-state index >= 15 is 0 Å². The number of halogens is 1. The SMILES string of the molecule is Cc1cc(CC#N)c(C=O)cc1F. The van der Waals surface area contributed by atoms with Gasteiger partial charge in [-0.2, -0.15) is 5.26 Å². The molecule has 0 aliphatic heterocycles. The molecule has 1 aromatic carbocycles. The topological polar surface area (TPSA) is 40.9 Å². The number of benzene rings is 1. The largest absolute Gasteiger partial charge is 0.298 e. The molecule has 2 nitrogen and oxygen atoms in total. The van der Waals surface area contributed by atoms with Crippen LogP contribution < -0.4 is 0 Å². The van der Waals surface area contributed by atoms with Gasteiger partial charge in [-0.05, 0) is 24.1 Å². The second-order valence-corrected chi connectivity index (χ2v) is 2.75. The molecule has 0 aromatic heterocycles. The number of hydrogen-bond donors (Lipinski definition) is 0. The third-order valence-electron chi connectivity index (χ3n) is 1.82. The number of hydrogen-bond acceptors (Lipinski definition) is 2.